The van der Waals surface area contributed by atoms with Gasteiger partial charge in [-0.05, 0) is 78.7 Å². The van der Waals surface area contributed by atoms with E-state index in [1.165, 1.54) is 36.4 Å². The lowest BCUT2D eigenvalue weighted by Gasteiger charge is -2.22. The van der Waals surface area contributed by atoms with Crippen molar-refractivity contribution in [3.8, 4) is 5.75 Å². The minimum absolute atomic E-state index is 0.149. The van der Waals surface area contributed by atoms with Gasteiger partial charge in [-0.25, -0.2) is 8.78 Å². The maximum absolute atomic E-state index is 13.8. The number of benzene rings is 3. The number of amides is 1. The van der Waals surface area contributed by atoms with Crippen LogP contribution in [0.3, 0.4) is 0 Å². The summed E-state index contributed by atoms with van der Waals surface area (Å²) in [5.74, 6) is 0.449. The number of halogens is 2. The van der Waals surface area contributed by atoms with E-state index < -0.39 is 5.91 Å². The first-order valence-corrected chi connectivity index (χ1v) is 11.3. The lowest BCUT2D eigenvalue weighted by molar-refractivity contribution is 0.0992. The van der Waals surface area contributed by atoms with Crippen LogP contribution in [-0.4, -0.2) is 17.4 Å². The highest BCUT2D eigenvalue weighted by Crippen LogP contribution is 2.20. The van der Waals surface area contributed by atoms with Crippen molar-refractivity contribution >= 4 is 11.6 Å². The number of carbonyl (C=O) groups excluding carboxylic acids is 1. The van der Waals surface area contributed by atoms with Crippen LogP contribution in [0, 0.1) is 11.6 Å². The second kappa shape index (κ2) is 11.4. The molecule has 0 aliphatic heterocycles. The van der Waals surface area contributed by atoms with Crippen molar-refractivity contribution in [1.82, 2.24) is 4.90 Å². The zero-order valence-corrected chi connectivity index (χ0v) is 19.3. The highest BCUT2D eigenvalue weighted by molar-refractivity contribution is 6.02. The fourth-order valence-electron chi connectivity index (χ4n) is 3.71. The molecule has 4 rings (SSSR count). The molecular formula is C28H26F2N2O3. The fraction of sp³-hybridized carbons (Fsp3) is 0.179. The predicted molar refractivity (Wildman–Crippen MR) is 130 cm³/mol. The summed E-state index contributed by atoms with van der Waals surface area (Å²) in [6.45, 7) is 4.02. The third-order valence-corrected chi connectivity index (χ3v) is 5.30. The standard InChI is InChI=1S/C28H26F2N2O3/c1-2-34-25-12-6-20(7-13-25)17-32(18-21-4-3-5-23(30)16-21)19-26-14-15-27(35-26)28(33)31-24-10-8-22(29)9-11-24/h3-16H,2,17-19H2,1H3,(H,31,33). The van der Waals surface area contributed by atoms with Crippen molar-refractivity contribution in [3.63, 3.8) is 0 Å². The summed E-state index contributed by atoms with van der Waals surface area (Å²) in [5.41, 5.74) is 2.36. The summed E-state index contributed by atoms with van der Waals surface area (Å²) >= 11 is 0. The number of rotatable bonds is 10. The average molecular weight is 477 g/mol. The lowest BCUT2D eigenvalue weighted by atomic mass is 10.1. The maximum Gasteiger partial charge on any atom is 0.291 e. The largest absolute Gasteiger partial charge is 0.494 e. The summed E-state index contributed by atoms with van der Waals surface area (Å²) in [6, 6.07) is 23.2. The van der Waals surface area contributed by atoms with Crippen molar-refractivity contribution in [2.75, 3.05) is 11.9 Å². The third-order valence-electron chi connectivity index (χ3n) is 5.30. The van der Waals surface area contributed by atoms with Crippen LogP contribution in [0.2, 0.25) is 0 Å². The van der Waals surface area contributed by atoms with Crippen molar-refractivity contribution in [1.29, 1.82) is 0 Å². The summed E-state index contributed by atoms with van der Waals surface area (Å²) in [7, 11) is 0. The highest BCUT2D eigenvalue weighted by atomic mass is 19.1. The second-order valence-electron chi connectivity index (χ2n) is 8.08. The Bertz CT molecular complexity index is 1250. The van der Waals surface area contributed by atoms with Gasteiger partial charge in [0.25, 0.3) is 5.91 Å². The summed E-state index contributed by atoms with van der Waals surface area (Å²) in [4.78, 5) is 14.6. The zero-order chi connectivity index (χ0) is 24.6. The number of furan rings is 1. The molecule has 0 aliphatic carbocycles. The maximum atomic E-state index is 13.8. The van der Waals surface area contributed by atoms with E-state index in [1.807, 2.05) is 37.3 Å². The van der Waals surface area contributed by atoms with E-state index in [0.717, 1.165) is 16.9 Å². The molecule has 0 saturated heterocycles. The van der Waals surface area contributed by atoms with Crippen molar-refractivity contribution in [3.05, 3.63) is 119 Å². The Morgan fingerprint density at radius 1 is 0.857 bits per heavy atom. The topological polar surface area (TPSA) is 54.7 Å². The molecule has 0 aliphatic rings. The quantitative estimate of drug-likeness (QED) is 0.287. The molecule has 180 valence electrons. The molecule has 0 atom stereocenters. The van der Waals surface area contributed by atoms with Gasteiger partial charge in [0.1, 0.15) is 23.1 Å². The van der Waals surface area contributed by atoms with Crippen molar-refractivity contribution in [2.45, 2.75) is 26.6 Å². The van der Waals surface area contributed by atoms with Gasteiger partial charge in [0.2, 0.25) is 0 Å². The smallest absolute Gasteiger partial charge is 0.291 e. The highest BCUT2D eigenvalue weighted by Gasteiger charge is 2.15. The molecule has 3 aromatic carbocycles. The minimum Gasteiger partial charge on any atom is -0.494 e. The first-order chi connectivity index (χ1) is 17.0. The molecule has 0 spiro atoms. The van der Waals surface area contributed by atoms with E-state index in [-0.39, 0.29) is 17.4 Å². The molecule has 1 amide bonds. The number of anilines is 1. The second-order valence-corrected chi connectivity index (χ2v) is 8.08. The zero-order valence-electron chi connectivity index (χ0n) is 19.3. The normalized spacial score (nSPS) is 11.0. The van der Waals surface area contributed by atoms with Crippen LogP contribution < -0.4 is 10.1 Å². The Balaban J connectivity index is 1.47. The summed E-state index contributed by atoms with van der Waals surface area (Å²) in [5, 5.41) is 2.69. The van der Waals surface area contributed by atoms with Crippen LogP contribution in [0.5, 0.6) is 5.75 Å². The molecule has 0 fully saturated rings. The van der Waals surface area contributed by atoms with Crippen LogP contribution in [-0.2, 0) is 19.6 Å². The monoisotopic (exact) mass is 476 g/mol. The van der Waals surface area contributed by atoms with E-state index in [1.54, 1.807) is 18.2 Å². The Morgan fingerprint density at radius 3 is 2.31 bits per heavy atom. The summed E-state index contributed by atoms with van der Waals surface area (Å²) < 4.78 is 38.2. The first-order valence-electron chi connectivity index (χ1n) is 11.3. The molecule has 1 aromatic heterocycles. The molecule has 1 heterocycles. The molecule has 1 N–H and O–H groups in total. The molecule has 35 heavy (non-hydrogen) atoms. The Hall–Kier alpha value is -3.97. The van der Waals surface area contributed by atoms with Crippen molar-refractivity contribution in [2.24, 2.45) is 0 Å². The Morgan fingerprint density at radius 2 is 1.60 bits per heavy atom. The number of nitrogens with one attached hydrogen (secondary N) is 1. The molecule has 0 radical (unpaired) electrons. The van der Waals surface area contributed by atoms with Crippen LogP contribution >= 0.6 is 0 Å². The summed E-state index contributed by atoms with van der Waals surface area (Å²) in [6.07, 6.45) is 0. The van der Waals surface area contributed by atoms with E-state index in [0.29, 0.717) is 37.7 Å². The van der Waals surface area contributed by atoms with E-state index in [4.69, 9.17) is 9.15 Å². The minimum atomic E-state index is -0.425. The predicted octanol–water partition coefficient (Wildman–Crippen LogP) is 6.41. The van der Waals surface area contributed by atoms with Gasteiger partial charge in [0.15, 0.2) is 5.76 Å². The van der Waals surface area contributed by atoms with Crippen LogP contribution in [0.25, 0.3) is 0 Å². The number of hydrogen-bond acceptors (Lipinski definition) is 4. The SMILES string of the molecule is CCOc1ccc(CN(Cc2cccc(F)c2)Cc2ccc(C(=O)Nc3ccc(F)cc3)o2)cc1. The number of hydrogen-bond donors (Lipinski definition) is 1. The van der Waals surface area contributed by atoms with Gasteiger partial charge in [0.05, 0.1) is 13.2 Å². The molecular weight excluding hydrogens is 450 g/mol. The van der Waals surface area contributed by atoms with Gasteiger partial charge < -0.3 is 14.5 Å². The molecule has 0 bridgehead atoms. The number of nitrogens with zero attached hydrogens (tertiary/aromatic N) is 1. The first kappa shape index (κ1) is 24.2. The van der Waals surface area contributed by atoms with Crippen molar-refractivity contribution < 1.29 is 22.7 Å². The van der Waals surface area contributed by atoms with E-state index >= 15 is 0 Å². The molecule has 7 heteroatoms. The fourth-order valence-corrected chi connectivity index (χ4v) is 3.71. The van der Waals surface area contributed by atoms with Gasteiger partial charge >= 0.3 is 0 Å². The number of carbonyl (C=O) groups is 1. The van der Waals surface area contributed by atoms with Gasteiger partial charge in [-0.1, -0.05) is 24.3 Å². The number of ether oxygens (including phenoxy) is 1. The van der Waals surface area contributed by atoms with Gasteiger partial charge in [0, 0.05) is 18.8 Å². The van der Waals surface area contributed by atoms with Crippen LogP contribution in [0.1, 0.15) is 34.4 Å². The molecule has 0 unspecified atom stereocenters. The van der Waals surface area contributed by atoms with Crippen LogP contribution in [0.15, 0.2) is 89.3 Å². The molecule has 4 aromatic rings. The van der Waals surface area contributed by atoms with Gasteiger partial charge in [-0.15, -0.1) is 0 Å². The molecule has 0 saturated carbocycles. The molecule has 5 nitrogen and oxygen atoms in total. The van der Waals surface area contributed by atoms with Gasteiger partial charge in [-0.3, -0.25) is 9.69 Å². The van der Waals surface area contributed by atoms with E-state index in [2.05, 4.69) is 10.2 Å². The van der Waals surface area contributed by atoms with Crippen LogP contribution in [0.4, 0.5) is 14.5 Å². The Kier molecular flexibility index (Phi) is 7.90. The Labute approximate surface area is 203 Å². The average Bonchev–Trinajstić information content (AvgIpc) is 3.31. The third kappa shape index (κ3) is 7.01. The lowest BCUT2D eigenvalue weighted by Crippen LogP contribution is -2.22. The van der Waals surface area contributed by atoms with Gasteiger partial charge in [-0.2, -0.15) is 0 Å². The van der Waals surface area contributed by atoms with E-state index in [9.17, 15) is 13.6 Å².